The molecule has 2 aliphatic heterocycles. The van der Waals surface area contributed by atoms with Crippen LogP contribution in [0.15, 0.2) is 47.4 Å². The molecule has 36 heavy (non-hydrogen) atoms. The molecule has 3 aromatic rings. The van der Waals surface area contributed by atoms with Gasteiger partial charge in [0.1, 0.15) is 16.6 Å². The van der Waals surface area contributed by atoms with Crippen LogP contribution >= 0.6 is 45.8 Å². The smallest absolute Gasteiger partial charge is 0.228 e. The fourth-order valence-electron chi connectivity index (χ4n) is 4.22. The quantitative estimate of drug-likeness (QED) is 0.201. The van der Waals surface area contributed by atoms with Crippen LogP contribution in [0.3, 0.4) is 0 Å². The van der Waals surface area contributed by atoms with E-state index < -0.39 is 10.8 Å². The molecule has 1 aromatic heterocycles. The van der Waals surface area contributed by atoms with Crippen molar-refractivity contribution < 1.29 is 4.21 Å². The molecule has 3 N–H and O–H groups in total. The Hall–Kier alpha value is -2.28. The predicted octanol–water partition coefficient (Wildman–Crippen LogP) is 5.11. The molecule has 3 heterocycles. The van der Waals surface area contributed by atoms with Crippen molar-refractivity contribution in [1.82, 2.24) is 14.9 Å². The van der Waals surface area contributed by atoms with Gasteiger partial charge in [-0.1, -0.05) is 35.3 Å². The maximum Gasteiger partial charge on any atom is 0.228 e. The second-order valence-corrected chi connectivity index (χ2v) is 12.0. The van der Waals surface area contributed by atoms with E-state index in [-0.39, 0.29) is 6.54 Å². The maximum absolute atomic E-state index is 12.7. The number of amidine groups is 2. The molecule has 1 atom stereocenters. The molecule has 2 aromatic carbocycles. The van der Waals surface area contributed by atoms with Gasteiger partial charge in [-0.05, 0) is 58.5 Å². The summed E-state index contributed by atoms with van der Waals surface area (Å²) in [5.41, 5.74) is 2.52. The first kappa shape index (κ1) is 25.4. The number of halogens is 3. The van der Waals surface area contributed by atoms with Gasteiger partial charge in [0.05, 0.1) is 33.1 Å². The minimum Gasteiger partial charge on any atom is -0.339 e. The van der Waals surface area contributed by atoms with Gasteiger partial charge in [-0.15, -0.1) is 0 Å². The summed E-state index contributed by atoms with van der Waals surface area (Å²) in [5, 5.41) is 21.4. The zero-order valence-corrected chi connectivity index (χ0v) is 23.5. The number of piperazine rings is 1. The molecule has 0 aliphatic carbocycles. The third-order valence-corrected chi connectivity index (χ3v) is 8.86. The normalized spacial score (nSPS) is 17.3. The van der Waals surface area contributed by atoms with E-state index in [0.717, 1.165) is 20.5 Å². The first-order chi connectivity index (χ1) is 17.3. The lowest BCUT2D eigenvalue weighted by Crippen LogP contribution is -2.53. The van der Waals surface area contributed by atoms with Gasteiger partial charge in [-0.2, -0.15) is 4.98 Å². The summed E-state index contributed by atoms with van der Waals surface area (Å²) in [5.74, 6) is 2.20. The fourth-order valence-corrected chi connectivity index (χ4v) is 6.39. The van der Waals surface area contributed by atoms with Crippen LogP contribution in [-0.2, 0) is 23.6 Å². The molecule has 0 radical (unpaired) electrons. The van der Waals surface area contributed by atoms with Crippen molar-refractivity contribution in [3.8, 4) is 0 Å². The minimum atomic E-state index is -1.15. The number of hydrogen-bond donors (Lipinski definition) is 3. The van der Waals surface area contributed by atoms with Crippen molar-refractivity contribution in [3.05, 3.63) is 67.3 Å². The van der Waals surface area contributed by atoms with Crippen LogP contribution in [-0.4, -0.2) is 56.1 Å². The Morgan fingerprint density at radius 1 is 1.14 bits per heavy atom. The van der Waals surface area contributed by atoms with Crippen LogP contribution in [0.5, 0.6) is 0 Å². The first-order valence-corrected chi connectivity index (χ1v) is 14.4. The molecule has 0 bridgehead atoms. The third kappa shape index (κ3) is 5.36. The summed E-state index contributed by atoms with van der Waals surface area (Å²) in [6, 6.07) is 13.2. The largest absolute Gasteiger partial charge is 0.339 e. The van der Waals surface area contributed by atoms with Gasteiger partial charge >= 0.3 is 0 Å². The molecule has 1 fully saturated rings. The summed E-state index contributed by atoms with van der Waals surface area (Å²) in [7, 11) is -1.15. The highest BCUT2D eigenvalue weighted by Gasteiger charge is 2.30. The zero-order valence-electron chi connectivity index (χ0n) is 19.0. The first-order valence-electron chi connectivity index (χ1n) is 11.2. The number of hydrogen-bond acceptors (Lipinski definition) is 7. The second-order valence-electron chi connectivity index (χ2n) is 8.47. The van der Waals surface area contributed by atoms with Crippen molar-refractivity contribution in [3.63, 3.8) is 0 Å². The molecule has 0 spiro atoms. The molecule has 5 rings (SSSR count). The van der Waals surface area contributed by atoms with Gasteiger partial charge < -0.3 is 15.1 Å². The zero-order chi connectivity index (χ0) is 25.4. The number of nitrogens with zero attached hydrogens (tertiary/aromatic N) is 4. The number of nitrogens with one attached hydrogen (secondary N) is 3. The van der Waals surface area contributed by atoms with Crippen molar-refractivity contribution in [2.75, 3.05) is 35.6 Å². The standard InChI is InChI=1S/C24H22Cl2IN7OS/c25-17-5-4-14(10-18(17)26)11-20(28)34-8-7-33(13-21(34)29)24-31-19-6-9-36(35)22(19)23(32-24)30-16-3-1-2-15(27)12-16/h1-5,10,12,28-29H,6-9,11,13H2,(H,30,31,32). The fraction of sp³-hybridized carbons (Fsp3) is 0.250. The topological polar surface area (TPSA) is 109 Å². The van der Waals surface area contributed by atoms with E-state index in [9.17, 15) is 4.21 Å². The molecule has 12 heteroatoms. The van der Waals surface area contributed by atoms with E-state index in [1.54, 1.807) is 17.0 Å². The lowest BCUT2D eigenvalue weighted by atomic mass is 10.1. The lowest BCUT2D eigenvalue weighted by Gasteiger charge is -2.36. The Bertz CT molecular complexity index is 1400. The molecular weight excluding hydrogens is 632 g/mol. The monoisotopic (exact) mass is 653 g/mol. The van der Waals surface area contributed by atoms with E-state index in [1.165, 1.54) is 0 Å². The summed E-state index contributed by atoms with van der Waals surface area (Å²) >= 11 is 14.4. The number of aromatic nitrogens is 2. The maximum atomic E-state index is 12.7. The van der Waals surface area contributed by atoms with Crippen molar-refractivity contribution in [1.29, 1.82) is 10.8 Å². The molecular formula is C24H22Cl2IN7OS. The number of rotatable bonds is 5. The van der Waals surface area contributed by atoms with E-state index >= 15 is 0 Å². The Balaban J connectivity index is 1.34. The number of aryl methyl sites for hydroxylation is 1. The van der Waals surface area contributed by atoms with E-state index in [4.69, 9.17) is 44.0 Å². The summed E-state index contributed by atoms with van der Waals surface area (Å²) in [6.45, 7) is 1.29. The molecule has 0 amide bonds. The third-order valence-electron chi connectivity index (χ3n) is 5.99. The second kappa shape index (κ2) is 10.6. The van der Waals surface area contributed by atoms with Crippen LogP contribution < -0.4 is 10.2 Å². The van der Waals surface area contributed by atoms with Gasteiger partial charge in [0, 0.05) is 40.9 Å². The van der Waals surface area contributed by atoms with Gasteiger partial charge in [-0.25, -0.2) is 4.98 Å². The Morgan fingerprint density at radius 2 is 1.97 bits per heavy atom. The molecule has 186 valence electrons. The van der Waals surface area contributed by atoms with Gasteiger partial charge in [0.2, 0.25) is 5.95 Å². The molecule has 1 unspecified atom stereocenters. The summed E-state index contributed by atoms with van der Waals surface area (Å²) in [4.78, 5) is 13.8. The Morgan fingerprint density at radius 3 is 2.72 bits per heavy atom. The minimum absolute atomic E-state index is 0.272. The lowest BCUT2D eigenvalue weighted by molar-refractivity contribution is 0.533. The summed E-state index contributed by atoms with van der Waals surface area (Å²) in [6.07, 6.45) is 0.981. The summed E-state index contributed by atoms with van der Waals surface area (Å²) < 4.78 is 13.8. The number of benzene rings is 2. The Kier molecular flexibility index (Phi) is 7.47. The van der Waals surface area contributed by atoms with Gasteiger partial charge in [0.15, 0.2) is 5.82 Å². The van der Waals surface area contributed by atoms with Crippen molar-refractivity contribution in [2.45, 2.75) is 17.7 Å². The molecule has 2 aliphatic rings. The SMILES string of the molecule is N=C(Cc1ccc(Cl)c(Cl)c1)N1CCN(c2nc3c(c(Nc4cccc(I)c4)n2)S(=O)CC3)CC1=N. The highest BCUT2D eigenvalue weighted by Crippen LogP contribution is 2.32. The van der Waals surface area contributed by atoms with Crippen LogP contribution in [0.2, 0.25) is 10.0 Å². The van der Waals surface area contributed by atoms with Crippen LogP contribution in [0.4, 0.5) is 17.5 Å². The van der Waals surface area contributed by atoms with Crippen molar-refractivity contribution >= 4 is 85.7 Å². The predicted molar refractivity (Wildman–Crippen MR) is 154 cm³/mol. The van der Waals surface area contributed by atoms with Crippen LogP contribution in [0.25, 0.3) is 0 Å². The highest BCUT2D eigenvalue weighted by molar-refractivity contribution is 14.1. The number of fused-ring (bicyclic) bond motifs is 1. The van der Waals surface area contributed by atoms with Crippen molar-refractivity contribution in [2.24, 2.45) is 0 Å². The van der Waals surface area contributed by atoms with E-state index in [2.05, 4.69) is 27.9 Å². The van der Waals surface area contributed by atoms with E-state index in [1.807, 2.05) is 35.2 Å². The average molecular weight is 654 g/mol. The van der Waals surface area contributed by atoms with E-state index in [0.29, 0.717) is 70.1 Å². The van der Waals surface area contributed by atoms with Crippen LogP contribution in [0.1, 0.15) is 11.3 Å². The van der Waals surface area contributed by atoms with Crippen LogP contribution in [0, 0.1) is 14.4 Å². The van der Waals surface area contributed by atoms with Gasteiger partial charge in [0.25, 0.3) is 0 Å². The molecule has 8 nitrogen and oxygen atoms in total. The highest BCUT2D eigenvalue weighted by atomic mass is 127. The van der Waals surface area contributed by atoms with Gasteiger partial charge in [-0.3, -0.25) is 15.0 Å². The Labute approximate surface area is 235 Å². The molecule has 0 saturated carbocycles. The molecule has 1 saturated heterocycles. The average Bonchev–Trinajstić information content (AvgIpc) is 3.22. The number of anilines is 3.